The third-order valence-electron chi connectivity index (χ3n) is 11.5. The summed E-state index contributed by atoms with van der Waals surface area (Å²) in [5.74, 6) is -6.98. The maximum Gasteiger partial charge on any atom is 0.312 e. The minimum absolute atomic E-state index is 0. The van der Waals surface area contributed by atoms with Gasteiger partial charge in [0.1, 0.15) is 28.6 Å². The van der Waals surface area contributed by atoms with Crippen LogP contribution in [0.15, 0.2) is 63.6 Å². The van der Waals surface area contributed by atoms with Gasteiger partial charge in [-0.1, -0.05) is 45.9 Å². The zero-order chi connectivity index (χ0) is 43.2. The molecule has 2 aliphatic heterocycles. The van der Waals surface area contributed by atoms with Crippen LogP contribution in [-0.2, 0) is 89.2 Å². The molecule has 1 aromatic heterocycles. The number of allylic oxidation sites excluding steroid dienone is 2. The molecule has 15 nitrogen and oxygen atoms in total. The molecule has 2 aliphatic rings. The molecular formula is C46H55N2O13Y2-3. The molecule has 4 N–H and O–H groups in total. The van der Waals surface area contributed by atoms with E-state index in [1.54, 1.807) is 52.0 Å². The van der Waals surface area contributed by atoms with Gasteiger partial charge in [0.2, 0.25) is 0 Å². The number of carbonyl (C=O) groups excluding carboxylic acids is 3. The number of aromatic nitrogens is 1. The second-order valence-electron chi connectivity index (χ2n) is 15.5. The van der Waals surface area contributed by atoms with E-state index in [0.717, 1.165) is 0 Å². The van der Waals surface area contributed by atoms with E-state index in [4.69, 9.17) is 33.1 Å². The molecule has 0 spiro atoms. The molecule has 17 heteroatoms. The number of aromatic hydroxyl groups is 1. The van der Waals surface area contributed by atoms with E-state index in [1.165, 1.54) is 59.3 Å². The molecule has 0 saturated heterocycles. The van der Waals surface area contributed by atoms with Gasteiger partial charge < -0.3 is 63.6 Å². The summed E-state index contributed by atoms with van der Waals surface area (Å²) in [6.07, 6.45) is 3.55. The maximum atomic E-state index is 14.6. The Labute approximate surface area is 417 Å². The monoisotopic (exact) mass is 1020 g/mol. The van der Waals surface area contributed by atoms with Gasteiger partial charge in [0.05, 0.1) is 41.3 Å². The smallest absolute Gasteiger partial charge is 0.312 e. The first-order valence-electron chi connectivity index (χ1n) is 19.2. The zero-order valence-electron chi connectivity index (χ0n) is 37.5. The number of methoxy groups -OCH3 is 1. The van der Waals surface area contributed by atoms with Crippen LogP contribution < -0.4 is 20.2 Å². The number of fused-ring (bicyclic) bond motifs is 2. The van der Waals surface area contributed by atoms with Gasteiger partial charge in [-0.2, -0.15) is 7.11 Å². The molecular weight excluding hydrogens is 966 g/mol. The first-order valence-corrected chi connectivity index (χ1v) is 19.2. The van der Waals surface area contributed by atoms with Gasteiger partial charge in [0.15, 0.2) is 22.3 Å². The number of anilines is 1. The van der Waals surface area contributed by atoms with E-state index in [-0.39, 0.29) is 141 Å². The number of nitrogens with one attached hydrogen (secondary N) is 1. The van der Waals surface area contributed by atoms with Gasteiger partial charge in [-0.3, -0.25) is 19.2 Å². The van der Waals surface area contributed by atoms with E-state index in [2.05, 4.69) is 12.4 Å². The fourth-order valence-electron chi connectivity index (χ4n) is 7.88. The molecule has 0 aliphatic carbocycles. The maximum absolute atomic E-state index is 14.6. The van der Waals surface area contributed by atoms with Crippen molar-refractivity contribution in [1.29, 1.82) is 0 Å². The summed E-state index contributed by atoms with van der Waals surface area (Å²) in [7, 11) is 4.88. The summed E-state index contributed by atoms with van der Waals surface area (Å²) in [6, 6.07) is 4.65. The van der Waals surface area contributed by atoms with Crippen molar-refractivity contribution in [3.05, 3.63) is 97.7 Å². The van der Waals surface area contributed by atoms with Crippen LogP contribution in [0.25, 0.3) is 33.0 Å². The fraction of sp³-hybridized carbons (Fsp3) is 0.391. The number of aliphatic hydroxyl groups excluding tert-OH is 2. The van der Waals surface area contributed by atoms with E-state index in [1.807, 2.05) is 0 Å². The number of amides is 1. The van der Waals surface area contributed by atoms with Crippen LogP contribution >= 0.6 is 0 Å². The van der Waals surface area contributed by atoms with Crippen molar-refractivity contribution < 1.29 is 123 Å². The number of phenols is 1. The number of aliphatic hydroxyl groups is 2. The van der Waals surface area contributed by atoms with E-state index in [0.29, 0.717) is 5.75 Å². The largest absolute Gasteiger partial charge is 0.665 e. The third kappa shape index (κ3) is 10.5. The molecule has 0 unspecified atom stereocenters. The van der Waals surface area contributed by atoms with E-state index >= 15 is 0 Å². The van der Waals surface area contributed by atoms with Gasteiger partial charge in [0.25, 0.3) is 11.7 Å². The van der Waals surface area contributed by atoms with Crippen molar-refractivity contribution in [2.45, 2.75) is 85.6 Å². The standard InChI is InChI=1S/C44H49N2O13.2CH3.2Y/c1-19-12-11-13-20(2)43(53)46-34-38(51)31-30(33-41(34)58-29-15-14-26(54-9)18-27(29)45-33)32-40(24(6)37(31)50)59-44(8,42(32)52)56-17-16-28(55-10)21(3)39(57-25(7)47)23(5)36(49)22(4)35(19)48;;;;/h11-19,21-23,28,35-36,39,48-49,51H,9H2,1-8,10H3,(H,46,53);2*1H3;;/q3*-1;;/b12-11+,17-16+,20-13-;;;;/t19-,21+,22+,23+,28-,35-,36+,39+,44-;;;;/m0..../s1. The Morgan fingerprint density at radius 3 is 2.25 bits per heavy atom. The molecule has 336 valence electrons. The molecule has 0 saturated carbocycles. The minimum Gasteiger partial charge on any atom is -0.665 e. The Morgan fingerprint density at radius 2 is 1.63 bits per heavy atom. The van der Waals surface area contributed by atoms with Gasteiger partial charge >= 0.3 is 11.8 Å². The van der Waals surface area contributed by atoms with Crippen LogP contribution in [-0.4, -0.2) is 75.3 Å². The topological polar surface area (TPSA) is 213 Å². The van der Waals surface area contributed by atoms with Crippen LogP contribution in [0.5, 0.6) is 17.2 Å². The van der Waals surface area contributed by atoms with Gasteiger partial charge in [-0.15, -0.1) is 0 Å². The number of esters is 1. The fourth-order valence-corrected chi connectivity index (χ4v) is 7.88. The van der Waals surface area contributed by atoms with Gasteiger partial charge in [-0.05, 0) is 32.1 Å². The van der Waals surface area contributed by atoms with Crippen molar-refractivity contribution in [2.75, 3.05) is 12.4 Å². The summed E-state index contributed by atoms with van der Waals surface area (Å²) in [5, 5.41) is 37.0. The molecule has 3 heterocycles. The Hall–Kier alpha value is -3.56. The molecule has 1 amide bonds. The Bertz CT molecular complexity index is 2520. The van der Waals surface area contributed by atoms with Crippen LogP contribution in [0.4, 0.5) is 5.69 Å². The van der Waals surface area contributed by atoms with Crippen LogP contribution in [0, 0.1) is 52.6 Å². The number of hydrogen-bond donors (Lipinski definition) is 4. The molecule has 3 aromatic carbocycles. The number of phenolic OH excluding ortho intramolecular Hbond substituents is 1. The number of Topliss-reactive ketones (excluding diaryl/α,β-unsaturated/α-hetero) is 1. The molecule has 63 heavy (non-hydrogen) atoms. The van der Waals surface area contributed by atoms with E-state index < -0.39 is 82.7 Å². The molecule has 4 aromatic rings. The predicted molar refractivity (Wildman–Crippen MR) is 231 cm³/mol. The number of ketones is 1. The second-order valence-corrected chi connectivity index (χ2v) is 15.5. The van der Waals surface area contributed by atoms with Crippen LogP contribution in [0.1, 0.15) is 64.4 Å². The number of ether oxygens (including phenoxy) is 5. The first kappa shape index (κ1) is 55.6. The van der Waals surface area contributed by atoms with Crippen LogP contribution in [0.3, 0.4) is 0 Å². The van der Waals surface area contributed by atoms with Crippen molar-refractivity contribution in [3.63, 3.8) is 0 Å². The third-order valence-corrected chi connectivity index (χ3v) is 11.5. The number of carbonyl (C=O) groups is 3. The molecule has 0 fully saturated rings. The van der Waals surface area contributed by atoms with Crippen molar-refractivity contribution in [1.82, 2.24) is 4.98 Å². The summed E-state index contributed by atoms with van der Waals surface area (Å²) in [4.78, 5) is 59.7. The summed E-state index contributed by atoms with van der Waals surface area (Å²) in [5.41, 5.74) is -0.702. The Balaban J connectivity index is 0.00000341. The SMILES string of the molecule is [CH2-]Oc1ccc2oc3c4c(O)c5c(=O)c(C)c6c(c5c3nc2c1)C(=O)[C@@](C)(O/C=C/[C@H](OC)[C@@H](C)[C@@H](OC(C)=O)[C@H](C)[C@H](O)[C@H](C)[C@@H](O)[C@@H](C)/C=C/C=C(/C)C(=O)N4)O6.[CH3-].[CH3-].[Y].[Y]. The molecule has 4 bridgehead atoms. The predicted octanol–water partition coefficient (Wildman–Crippen LogP) is 7.06. The summed E-state index contributed by atoms with van der Waals surface area (Å²) in [6.45, 7) is 12.5. The quantitative estimate of drug-likeness (QED) is 0.0532. The second kappa shape index (κ2) is 22.1. The average molecular weight is 1020 g/mol. The molecule has 6 rings (SSSR count). The van der Waals surface area contributed by atoms with Gasteiger partial charge in [0, 0.05) is 133 Å². The summed E-state index contributed by atoms with van der Waals surface area (Å²) >= 11 is 0. The van der Waals surface area contributed by atoms with Crippen molar-refractivity contribution >= 4 is 56.3 Å². The Kier molecular flexibility index (Phi) is 19.5. The summed E-state index contributed by atoms with van der Waals surface area (Å²) < 4.78 is 35.1. The van der Waals surface area contributed by atoms with Gasteiger partial charge in [-0.25, -0.2) is 4.98 Å². The number of hydrogen-bond acceptors (Lipinski definition) is 14. The normalized spacial score (nSPS) is 28.2. The van der Waals surface area contributed by atoms with Crippen molar-refractivity contribution in [2.24, 2.45) is 23.7 Å². The number of nitrogens with zero attached hydrogens (tertiary/aromatic N) is 1. The average Bonchev–Trinajstić information content (AvgIpc) is 3.47. The molecule has 9 atom stereocenters. The minimum atomic E-state index is -2.05. The van der Waals surface area contributed by atoms with E-state index in [9.17, 15) is 34.5 Å². The number of rotatable bonds is 3. The first-order chi connectivity index (χ1) is 27.8. The zero-order valence-corrected chi connectivity index (χ0v) is 43.1. The molecule has 2 radical (unpaired) electrons. The Morgan fingerprint density at radius 1 is 0.968 bits per heavy atom. The van der Waals surface area contributed by atoms with Crippen molar-refractivity contribution in [3.8, 4) is 17.2 Å². The number of benzene rings is 3. The van der Waals surface area contributed by atoms with Crippen LogP contribution in [0.2, 0.25) is 0 Å².